The molecule has 0 saturated carbocycles. The van der Waals surface area contributed by atoms with Crippen molar-refractivity contribution in [3.8, 4) is 0 Å². The van der Waals surface area contributed by atoms with Crippen LogP contribution < -0.4 is 16.7 Å². The first-order chi connectivity index (χ1) is 12.0. The minimum atomic E-state index is -1.32. The van der Waals surface area contributed by atoms with E-state index in [9.17, 15) is 18.0 Å². The molecule has 0 bridgehead atoms. The van der Waals surface area contributed by atoms with Gasteiger partial charge in [-0.3, -0.25) is 4.57 Å². The van der Waals surface area contributed by atoms with Gasteiger partial charge >= 0.3 is 5.69 Å². The van der Waals surface area contributed by atoms with Gasteiger partial charge in [-0.2, -0.15) is 4.98 Å². The van der Waals surface area contributed by atoms with E-state index in [0.29, 0.717) is 31.1 Å². The largest absolute Gasteiger partial charge is 0.354 e. The van der Waals surface area contributed by atoms with Gasteiger partial charge in [-0.05, 0) is 19.0 Å². The molecule has 3 aromatic rings. The molecule has 3 rings (SSSR count). The zero-order valence-electron chi connectivity index (χ0n) is 13.0. The van der Waals surface area contributed by atoms with Crippen LogP contribution in [-0.2, 0) is 6.54 Å². The first kappa shape index (κ1) is 17.0. The maximum absolute atomic E-state index is 13.9. The van der Waals surface area contributed by atoms with Gasteiger partial charge in [0.2, 0.25) is 5.95 Å². The highest BCUT2D eigenvalue weighted by atomic mass is 19.2. The third-order valence-electron chi connectivity index (χ3n) is 3.57. The van der Waals surface area contributed by atoms with Gasteiger partial charge in [-0.1, -0.05) is 0 Å². The van der Waals surface area contributed by atoms with E-state index in [1.165, 1.54) is 6.20 Å². The van der Waals surface area contributed by atoms with E-state index in [-0.39, 0.29) is 23.7 Å². The Balaban J connectivity index is 1.99. The highest BCUT2D eigenvalue weighted by Crippen LogP contribution is 2.17. The second-order valence-electron chi connectivity index (χ2n) is 5.38. The fraction of sp³-hybridized carbons (Fsp3) is 0.267. The molecule has 25 heavy (non-hydrogen) atoms. The molecule has 0 atom stereocenters. The molecule has 4 N–H and O–H groups in total. The molecule has 7 nitrogen and oxygen atoms in total. The quantitative estimate of drug-likeness (QED) is 0.459. The van der Waals surface area contributed by atoms with Crippen molar-refractivity contribution >= 4 is 17.1 Å². The second kappa shape index (κ2) is 6.93. The van der Waals surface area contributed by atoms with Crippen molar-refractivity contribution < 1.29 is 13.2 Å². The lowest BCUT2D eigenvalue weighted by Gasteiger charge is -2.07. The minimum Gasteiger partial charge on any atom is -0.354 e. The van der Waals surface area contributed by atoms with Crippen molar-refractivity contribution in [2.24, 2.45) is 5.73 Å². The number of nitrogens with zero attached hydrogens (tertiary/aromatic N) is 3. The summed E-state index contributed by atoms with van der Waals surface area (Å²) in [5.74, 6) is -3.19. The van der Waals surface area contributed by atoms with Crippen LogP contribution in [0.3, 0.4) is 0 Å². The molecule has 0 saturated heterocycles. The molecule has 2 heterocycles. The van der Waals surface area contributed by atoms with Crippen molar-refractivity contribution in [2.45, 2.75) is 13.0 Å². The van der Waals surface area contributed by atoms with E-state index in [0.717, 1.165) is 10.6 Å². The standard InChI is InChI=1S/C15H15F3N6O/c16-9-4-8(12(18)10(17)5-9)7-24-13-11(22-15(24)25)6-21-14(23-13)20-3-1-2-19/h4-6H,1-3,7,19H2,(H,22,25)(H,20,21,23). The number of fused-ring (bicyclic) bond motifs is 1. The predicted octanol–water partition coefficient (Wildman–Crippen LogP) is 1.35. The summed E-state index contributed by atoms with van der Waals surface area (Å²) in [7, 11) is 0. The maximum atomic E-state index is 13.9. The number of anilines is 1. The Morgan fingerprint density at radius 3 is 2.84 bits per heavy atom. The number of hydrogen-bond acceptors (Lipinski definition) is 5. The van der Waals surface area contributed by atoms with Crippen molar-refractivity contribution in [3.05, 3.63) is 51.8 Å². The highest BCUT2D eigenvalue weighted by molar-refractivity contribution is 5.71. The Bertz CT molecular complexity index is 968. The fourth-order valence-electron chi connectivity index (χ4n) is 2.37. The smallest absolute Gasteiger partial charge is 0.328 e. The maximum Gasteiger partial charge on any atom is 0.328 e. The number of rotatable bonds is 6. The molecule has 2 aromatic heterocycles. The zero-order chi connectivity index (χ0) is 18.0. The Labute approximate surface area is 139 Å². The van der Waals surface area contributed by atoms with Crippen LogP contribution in [0.2, 0.25) is 0 Å². The molecular weight excluding hydrogens is 337 g/mol. The molecule has 0 spiro atoms. The van der Waals surface area contributed by atoms with E-state index in [1.807, 2.05) is 0 Å². The monoisotopic (exact) mass is 352 g/mol. The molecule has 132 valence electrons. The van der Waals surface area contributed by atoms with E-state index in [2.05, 4.69) is 20.3 Å². The lowest BCUT2D eigenvalue weighted by molar-refractivity contribution is 0.481. The number of hydrogen-bond donors (Lipinski definition) is 3. The van der Waals surface area contributed by atoms with Gasteiger partial charge < -0.3 is 16.0 Å². The normalized spacial score (nSPS) is 11.2. The third-order valence-corrected chi connectivity index (χ3v) is 3.57. The number of H-pyrrole nitrogens is 1. The first-order valence-corrected chi connectivity index (χ1v) is 7.52. The number of benzene rings is 1. The molecule has 0 aliphatic rings. The van der Waals surface area contributed by atoms with Crippen LogP contribution in [0, 0.1) is 17.5 Å². The van der Waals surface area contributed by atoms with E-state index < -0.39 is 23.1 Å². The lowest BCUT2D eigenvalue weighted by Crippen LogP contribution is -2.19. The van der Waals surface area contributed by atoms with Crippen molar-refractivity contribution in [1.29, 1.82) is 0 Å². The van der Waals surface area contributed by atoms with Gasteiger partial charge in [-0.25, -0.2) is 22.9 Å². The first-order valence-electron chi connectivity index (χ1n) is 7.52. The number of nitrogens with one attached hydrogen (secondary N) is 2. The summed E-state index contributed by atoms with van der Waals surface area (Å²) in [5.41, 5.74) is 5.04. The average molecular weight is 352 g/mol. The van der Waals surface area contributed by atoms with Gasteiger partial charge in [0.15, 0.2) is 17.3 Å². The number of aromatic nitrogens is 4. The van der Waals surface area contributed by atoms with Crippen LogP contribution in [0.1, 0.15) is 12.0 Å². The van der Waals surface area contributed by atoms with E-state index >= 15 is 0 Å². The molecule has 0 unspecified atom stereocenters. The lowest BCUT2D eigenvalue weighted by atomic mass is 10.2. The highest BCUT2D eigenvalue weighted by Gasteiger charge is 2.16. The number of halogens is 3. The molecule has 0 radical (unpaired) electrons. The summed E-state index contributed by atoms with van der Waals surface area (Å²) < 4.78 is 41.7. The molecule has 1 aromatic carbocycles. The molecule has 10 heteroatoms. The summed E-state index contributed by atoms with van der Waals surface area (Å²) in [4.78, 5) is 22.8. The van der Waals surface area contributed by atoms with Crippen LogP contribution in [0.4, 0.5) is 19.1 Å². The summed E-state index contributed by atoms with van der Waals surface area (Å²) in [5, 5.41) is 2.94. The summed E-state index contributed by atoms with van der Waals surface area (Å²) >= 11 is 0. The number of imidazole rings is 1. The molecule has 0 fully saturated rings. The predicted molar refractivity (Wildman–Crippen MR) is 85.7 cm³/mol. The van der Waals surface area contributed by atoms with E-state index in [1.54, 1.807) is 0 Å². The van der Waals surface area contributed by atoms with Crippen LogP contribution in [0.5, 0.6) is 0 Å². The Hall–Kier alpha value is -2.88. The van der Waals surface area contributed by atoms with Crippen LogP contribution >= 0.6 is 0 Å². The van der Waals surface area contributed by atoms with Crippen LogP contribution in [0.15, 0.2) is 23.1 Å². The second-order valence-corrected chi connectivity index (χ2v) is 5.38. The number of nitrogens with two attached hydrogens (primary N) is 1. The molecule has 0 aliphatic heterocycles. The number of aromatic amines is 1. The van der Waals surface area contributed by atoms with Crippen molar-refractivity contribution in [3.63, 3.8) is 0 Å². The van der Waals surface area contributed by atoms with Crippen molar-refractivity contribution in [1.82, 2.24) is 19.5 Å². The van der Waals surface area contributed by atoms with Gasteiger partial charge in [0.05, 0.1) is 12.7 Å². The zero-order valence-corrected chi connectivity index (χ0v) is 13.0. The minimum absolute atomic E-state index is 0.194. The van der Waals surface area contributed by atoms with Crippen molar-refractivity contribution in [2.75, 3.05) is 18.4 Å². The third kappa shape index (κ3) is 3.48. The van der Waals surface area contributed by atoms with E-state index in [4.69, 9.17) is 5.73 Å². The Kier molecular flexibility index (Phi) is 4.70. The van der Waals surface area contributed by atoms with Gasteiger partial charge in [0.25, 0.3) is 0 Å². The summed E-state index contributed by atoms with van der Waals surface area (Å²) in [6.07, 6.45) is 2.10. The topological polar surface area (TPSA) is 102 Å². The molecule has 0 amide bonds. The summed E-state index contributed by atoms with van der Waals surface area (Å²) in [6, 6.07) is 1.28. The van der Waals surface area contributed by atoms with Gasteiger partial charge in [0, 0.05) is 18.2 Å². The Morgan fingerprint density at radius 2 is 2.08 bits per heavy atom. The van der Waals surface area contributed by atoms with Gasteiger partial charge in [-0.15, -0.1) is 0 Å². The van der Waals surface area contributed by atoms with Crippen LogP contribution in [0.25, 0.3) is 11.2 Å². The molecule has 0 aliphatic carbocycles. The SMILES string of the molecule is NCCCNc1ncc2[nH]c(=O)n(Cc3cc(F)cc(F)c3F)c2n1. The van der Waals surface area contributed by atoms with Gasteiger partial charge in [0.1, 0.15) is 11.3 Å². The van der Waals surface area contributed by atoms with Crippen LogP contribution in [-0.4, -0.2) is 32.6 Å². The molecular formula is C15H15F3N6O. The summed E-state index contributed by atoms with van der Waals surface area (Å²) in [6.45, 7) is 0.660. The Morgan fingerprint density at radius 1 is 1.28 bits per heavy atom. The average Bonchev–Trinajstić information content (AvgIpc) is 2.88. The fourth-order valence-corrected chi connectivity index (χ4v) is 2.37.